The van der Waals surface area contributed by atoms with E-state index in [2.05, 4.69) is 36.9 Å². The minimum Gasteiger partial charge on any atom is -0.493 e. The van der Waals surface area contributed by atoms with Crippen molar-refractivity contribution in [1.82, 2.24) is 14.7 Å². The molecule has 1 amide bonds. The molecule has 2 N–H and O–H groups in total. The molecule has 2 aliphatic rings. The van der Waals surface area contributed by atoms with Crippen molar-refractivity contribution in [3.8, 4) is 5.75 Å². The van der Waals surface area contributed by atoms with E-state index in [-0.39, 0.29) is 31.0 Å². The van der Waals surface area contributed by atoms with E-state index in [1.54, 1.807) is 0 Å². The summed E-state index contributed by atoms with van der Waals surface area (Å²) < 4.78 is 5.71. The minimum atomic E-state index is -0.802. The van der Waals surface area contributed by atoms with Crippen molar-refractivity contribution in [2.45, 2.75) is 76.9 Å². The van der Waals surface area contributed by atoms with Crippen molar-refractivity contribution in [3.63, 3.8) is 0 Å². The topological polar surface area (TPSA) is 93.5 Å². The Kier molecular flexibility index (Phi) is 12.4. The Balaban J connectivity index is 1.54. The van der Waals surface area contributed by atoms with Gasteiger partial charge >= 0.3 is 5.97 Å². The molecular formula is C35H51N3O5. The molecule has 0 saturated carbocycles. The number of nitrogens with zero attached hydrogens (tertiary/aromatic N) is 3. The lowest BCUT2D eigenvalue weighted by molar-refractivity contribution is -0.143. The number of carbonyl (C=O) groups is 2. The molecule has 8 nitrogen and oxygen atoms in total. The summed E-state index contributed by atoms with van der Waals surface area (Å²) >= 11 is 0. The molecule has 0 radical (unpaired) electrons. The van der Waals surface area contributed by atoms with Gasteiger partial charge in [-0.2, -0.15) is 0 Å². The monoisotopic (exact) mass is 593 g/mol. The molecule has 1 fully saturated rings. The number of carbonyl (C=O) groups excluding carboxylic acids is 1. The number of aliphatic hydroxyl groups excluding tert-OH is 1. The van der Waals surface area contributed by atoms with E-state index in [4.69, 9.17) is 4.74 Å². The molecule has 2 aromatic rings. The SMILES string of the molecule is CCCCN(CCCCN(C)C)C(=O)CN1C[C@H](c2ccc3c(c2)CCO3)[C@@H](C(=O)O)[C@@H]1CCCc1ccccc1CO. The standard InChI is InChI=1S/C35H51N3O5/c1-4-5-19-37(20-9-8-18-36(2)3)33(40)24-38-23-30(27-15-16-32-28(22-27)17-21-43-32)34(35(41)42)31(38)14-10-13-26-11-6-7-12-29(26)25-39/h6-7,11-12,15-16,22,30-31,34,39H,4-5,8-10,13-14,17-21,23-25H2,1-3H3,(H,41,42)/t30-,31+,34-/m1/s1. The number of amides is 1. The molecule has 0 aliphatic carbocycles. The molecule has 2 heterocycles. The van der Waals surface area contributed by atoms with Crippen molar-refractivity contribution in [2.75, 3.05) is 53.4 Å². The highest BCUT2D eigenvalue weighted by Gasteiger charge is 2.47. The first-order valence-electron chi connectivity index (χ1n) is 16.1. The molecule has 0 bridgehead atoms. The maximum atomic E-state index is 13.8. The van der Waals surface area contributed by atoms with Gasteiger partial charge in [0.05, 0.1) is 25.7 Å². The molecule has 0 aromatic heterocycles. The number of aryl methyl sites for hydroxylation is 1. The second-order valence-corrected chi connectivity index (χ2v) is 12.5. The summed E-state index contributed by atoms with van der Waals surface area (Å²) in [6.07, 6.45) is 7.03. The first-order valence-corrected chi connectivity index (χ1v) is 16.1. The number of carboxylic acid groups (broad SMARTS) is 1. The lowest BCUT2D eigenvalue weighted by atomic mass is 9.83. The van der Waals surface area contributed by atoms with Crippen molar-refractivity contribution in [2.24, 2.45) is 5.92 Å². The van der Waals surface area contributed by atoms with Crippen molar-refractivity contribution in [1.29, 1.82) is 0 Å². The van der Waals surface area contributed by atoms with E-state index in [0.717, 1.165) is 92.6 Å². The number of hydrogen-bond acceptors (Lipinski definition) is 6. The van der Waals surface area contributed by atoms with Gasteiger partial charge in [0.15, 0.2) is 0 Å². The summed E-state index contributed by atoms with van der Waals surface area (Å²) in [4.78, 5) is 33.1. The Morgan fingerprint density at radius 3 is 2.47 bits per heavy atom. The van der Waals surface area contributed by atoms with Crippen LogP contribution >= 0.6 is 0 Å². The van der Waals surface area contributed by atoms with Gasteiger partial charge in [0.25, 0.3) is 0 Å². The number of aliphatic carboxylic acids is 1. The van der Waals surface area contributed by atoms with Gasteiger partial charge in [0, 0.05) is 38.0 Å². The molecular weight excluding hydrogens is 542 g/mol. The summed E-state index contributed by atoms with van der Waals surface area (Å²) in [6, 6.07) is 13.7. The highest BCUT2D eigenvalue weighted by molar-refractivity contribution is 5.79. The number of carboxylic acids is 1. The van der Waals surface area contributed by atoms with Gasteiger partial charge in [-0.25, -0.2) is 0 Å². The van der Waals surface area contributed by atoms with Gasteiger partial charge in [-0.1, -0.05) is 49.7 Å². The summed E-state index contributed by atoms with van der Waals surface area (Å²) in [7, 11) is 4.14. The second kappa shape index (κ2) is 16.2. The average molecular weight is 594 g/mol. The Hall–Kier alpha value is -2.94. The van der Waals surface area contributed by atoms with E-state index in [1.165, 1.54) is 0 Å². The largest absolute Gasteiger partial charge is 0.493 e. The van der Waals surface area contributed by atoms with Crippen LogP contribution in [0.4, 0.5) is 0 Å². The van der Waals surface area contributed by atoms with Gasteiger partial charge in [0.2, 0.25) is 5.91 Å². The molecule has 0 unspecified atom stereocenters. The van der Waals surface area contributed by atoms with Gasteiger partial charge in [-0.05, 0) is 87.5 Å². The van der Waals surface area contributed by atoms with Crippen LogP contribution in [0.25, 0.3) is 0 Å². The van der Waals surface area contributed by atoms with Crippen LogP contribution in [-0.2, 0) is 29.0 Å². The fourth-order valence-electron chi connectivity index (χ4n) is 6.80. The number of fused-ring (bicyclic) bond motifs is 1. The van der Waals surface area contributed by atoms with Gasteiger partial charge in [-0.15, -0.1) is 0 Å². The number of benzene rings is 2. The van der Waals surface area contributed by atoms with Crippen LogP contribution in [0.5, 0.6) is 5.75 Å². The quantitative estimate of drug-likeness (QED) is 0.260. The zero-order valence-corrected chi connectivity index (χ0v) is 26.3. The van der Waals surface area contributed by atoms with Crippen LogP contribution in [0.15, 0.2) is 42.5 Å². The number of likely N-dealkylation sites (tertiary alicyclic amines) is 1. The molecule has 4 rings (SSSR count). The average Bonchev–Trinajstić information content (AvgIpc) is 3.61. The summed E-state index contributed by atoms with van der Waals surface area (Å²) in [5.41, 5.74) is 4.16. The fourth-order valence-corrected chi connectivity index (χ4v) is 6.80. The van der Waals surface area contributed by atoms with E-state index in [0.29, 0.717) is 19.6 Å². The van der Waals surface area contributed by atoms with Crippen LogP contribution < -0.4 is 4.74 Å². The van der Waals surface area contributed by atoms with E-state index in [1.807, 2.05) is 41.3 Å². The van der Waals surface area contributed by atoms with Crippen LogP contribution in [0.3, 0.4) is 0 Å². The van der Waals surface area contributed by atoms with Gasteiger partial charge in [-0.3, -0.25) is 14.5 Å². The second-order valence-electron chi connectivity index (χ2n) is 12.5. The highest BCUT2D eigenvalue weighted by Crippen LogP contribution is 2.41. The molecule has 2 aliphatic heterocycles. The fraction of sp³-hybridized carbons (Fsp3) is 0.600. The molecule has 236 valence electrons. The Labute approximate surface area is 257 Å². The van der Waals surface area contributed by atoms with Gasteiger partial charge in [0.1, 0.15) is 5.75 Å². The molecule has 1 saturated heterocycles. The molecule has 8 heteroatoms. The molecule has 3 atom stereocenters. The molecule has 2 aromatic carbocycles. The highest BCUT2D eigenvalue weighted by atomic mass is 16.5. The minimum absolute atomic E-state index is 0.00969. The Bertz CT molecular complexity index is 1200. The van der Waals surface area contributed by atoms with E-state index < -0.39 is 11.9 Å². The predicted molar refractivity (Wildman–Crippen MR) is 169 cm³/mol. The molecule has 43 heavy (non-hydrogen) atoms. The Morgan fingerprint density at radius 1 is 1.00 bits per heavy atom. The number of rotatable bonds is 17. The normalized spacial score (nSPS) is 19.9. The van der Waals surface area contributed by atoms with Crippen molar-refractivity contribution in [3.05, 3.63) is 64.7 Å². The van der Waals surface area contributed by atoms with Crippen LogP contribution in [-0.4, -0.2) is 96.3 Å². The maximum Gasteiger partial charge on any atom is 0.308 e. The first-order chi connectivity index (χ1) is 20.8. The maximum absolute atomic E-state index is 13.8. The third-order valence-electron chi connectivity index (χ3n) is 9.17. The van der Waals surface area contributed by atoms with E-state index in [9.17, 15) is 19.8 Å². The molecule has 0 spiro atoms. The van der Waals surface area contributed by atoms with Crippen molar-refractivity contribution < 1.29 is 24.5 Å². The van der Waals surface area contributed by atoms with Crippen LogP contribution in [0.1, 0.15) is 73.6 Å². The number of aliphatic hydroxyl groups is 1. The third kappa shape index (κ3) is 8.80. The number of hydrogen-bond donors (Lipinski definition) is 2. The lowest BCUT2D eigenvalue weighted by Gasteiger charge is -2.30. The smallest absolute Gasteiger partial charge is 0.308 e. The number of unbranched alkanes of at least 4 members (excludes halogenated alkanes) is 2. The zero-order chi connectivity index (χ0) is 30.8. The Morgan fingerprint density at radius 2 is 1.74 bits per heavy atom. The summed E-state index contributed by atoms with van der Waals surface area (Å²) in [6.45, 7) is 6.05. The van der Waals surface area contributed by atoms with Crippen molar-refractivity contribution >= 4 is 11.9 Å². The van der Waals surface area contributed by atoms with Crippen LogP contribution in [0.2, 0.25) is 0 Å². The van der Waals surface area contributed by atoms with Crippen LogP contribution in [0, 0.1) is 5.92 Å². The first kappa shape index (κ1) is 33.0. The number of ether oxygens (including phenoxy) is 1. The third-order valence-corrected chi connectivity index (χ3v) is 9.17. The predicted octanol–water partition coefficient (Wildman–Crippen LogP) is 4.58. The van der Waals surface area contributed by atoms with E-state index >= 15 is 0 Å². The zero-order valence-electron chi connectivity index (χ0n) is 26.3. The van der Waals surface area contributed by atoms with Gasteiger partial charge < -0.3 is 24.7 Å². The summed E-state index contributed by atoms with van der Waals surface area (Å²) in [5.74, 6) is -0.619. The summed E-state index contributed by atoms with van der Waals surface area (Å²) in [5, 5.41) is 20.4. The lowest BCUT2D eigenvalue weighted by Crippen LogP contribution is -2.44.